The molecule has 0 fully saturated rings. The molecule has 0 bridgehead atoms. The van der Waals surface area contributed by atoms with Crippen LogP contribution < -0.4 is 5.32 Å². The quantitative estimate of drug-likeness (QED) is 0.272. The maximum atomic E-state index is 13.7. The van der Waals surface area contributed by atoms with Gasteiger partial charge in [0.05, 0.1) is 5.75 Å². The molecular formula is C28H29Cl3N2O2S. The van der Waals surface area contributed by atoms with Crippen LogP contribution in [0.1, 0.15) is 30.5 Å². The number of carbonyl (C=O) groups is 2. The van der Waals surface area contributed by atoms with Crippen LogP contribution in [0.5, 0.6) is 0 Å². The maximum absolute atomic E-state index is 13.7. The molecule has 0 aliphatic carbocycles. The van der Waals surface area contributed by atoms with Gasteiger partial charge in [0, 0.05) is 45.4 Å². The van der Waals surface area contributed by atoms with Gasteiger partial charge in [-0.3, -0.25) is 9.59 Å². The van der Waals surface area contributed by atoms with Crippen molar-refractivity contribution in [2.24, 2.45) is 0 Å². The van der Waals surface area contributed by atoms with Gasteiger partial charge in [-0.2, -0.15) is 0 Å². The number of nitrogens with one attached hydrogen (secondary N) is 1. The molecule has 1 atom stereocenters. The zero-order valence-electron chi connectivity index (χ0n) is 20.2. The Hall–Kier alpha value is -2.18. The van der Waals surface area contributed by atoms with Gasteiger partial charge in [0.25, 0.3) is 0 Å². The van der Waals surface area contributed by atoms with Crippen molar-refractivity contribution in [1.29, 1.82) is 0 Å². The minimum Gasteiger partial charge on any atom is -0.352 e. The summed E-state index contributed by atoms with van der Waals surface area (Å²) < 4.78 is 0. The summed E-state index contributed by atoms with van der Waals surface area (Å²) in [6.45, 7) is 3.92. The lowest BCUT2D eigenvalue weighted by atomic mass is 10.0. The zero-order valence-corrected chi connectivity index (χ0v) is 23.3. The standard InChI is InChI=1S/C28H29Cl3N2O2S/c1-19(2)32-28(35)26(15-20-8-4-3-5-9-20)33(16-23-24(30)12-7-13-25(23)31)27(34)18-36-17-21-10-6-11-22(29)14-21/h3-14,19,26H,15-18H2,1-2H3,(H,32,35). The molecule has 2 amide bonds. The van der Waals surface area contributed by atoms with Crippen LogP contribution in [0.2, 0.25) is 15.1 Å². The van der Waals surface area contributed by atoms with Crippen molar-refractivity contribution in [3.63, 3.8) is 0 Å². The normalized spacial score (nSPS) is 11.8. The average molecular weight is 564 g/mol. The minimum atomic E-state index is -0.735. The lowest BCUT2D eigenvalue weighted by molar-refractivity contribution is -0.139. The number of rotatable bonds is 11. The van der Waals surface area contributed by atoms with Gasteiger partial charge in [0.2, 0.25) is 11.8 Å². The second kappa shape index (κ2) is 13.9. The van der Waals surface area contributed by atoms with E-state index in [2.05, 4.69) is 5.32 Å². The van der Waals surface area contributed by atoms with Crippen molar-refractivity contribution >= 4 is 58.4 Å². The first-order valence-electron chi connectivity index (χ1n) is 11.6. The number of nitrogens with zero attached hydrogens (tertiary/aromatic N) is 1. The Bertz CT molecular complexity index is 1150. The Labute approximate surface area is 232 Å². The van der Waals surface area contributed by atoms with Crippen LogP contribution in [0.25, 0.3) is 0 Å². The highest BCUT2D eigenvalue weighted by molar-refractivity contribution is 7.99. The van der Waals surface area contributed by atoms with Crippen LogP contribution in [0.15, 0.2) is 72.8 Å². The molecule has 0 spiro atoms. The first-order chi connectivity index (χ1) is 17.2. The van der Waals surface area contributed by atoms with Crippen LogP contribution in [0.3, 0.4) is 0 Å². The van der Waals surface area contributed by atoms with E-state index in [9.17, 15) is 9.59 Å². The topological polar surface area (TPSA) is 49.4 Å². The molecule has 1 N–H and O–H groups in total. The molecule has 0 saturated heterocycles. The summed E-state index contributed by atoms with van der Waals surface area (Å²) in [4.78, 5) is 28.7. The first-order valence-corrected chi connectivity index (χ1v) is 13.9. The lowest BCUT2D eigenvalue weighted by Gasteiger charge is -2.32. The number of carbonyl (C=O) groups excluding carboxylic acids is 2. The van der Waals surface area contributed by atoms with E-state index in [-0.39, 0.29) is 30.2 Å². The number of thioether (sulfide) groups is 1. The summed E-state index contributed by atoms with van der Waals surface area (Å²) >= 11 is 20.5. The molecule has 1 unspecified atom stereocenters. The fourth-order valence-corrected chi connectivity index (χ4v) is 5.34. The predicted molar refractivity (Wildman–Crippen MR) is 152 cm³/mol. The molecule has 0 heterocycles. The summed E-state index contributed by atoms with van der Waals surface area (Å²) in [5.41, 5.74) is 2.60. The third kappa shape index (κ3) is 8.45. The fourth-order valence-electron chi connectivity index (χ4n) is 3.75. The van der Waals surface area contributed by atoms with E-state index >= 15 is 0 Å². The number of benzene rings is 3. The van der Waals surface area contributed by atoms with Gasteiger partial charge in [-0.15, -0.1) is 11.8 Å². The molecule has 0 saturated carbocycles. The Morgan fingerprint density at radius 1 is 0.889 bits per heavy atom. The van der Waals surface area contributed by atoms with Crippen LogP contribution >= 0.6 is 46.6 Å². The van der Waals surface area contributed by atoms with Crippen LogP contribution in [-0.2, 0) is 28.3 Å². The van der Waals surface area contributed by atoms with Gasteiger partial charge in [0.15, 0.2) is 0 Å². The summed E-state index contributed by atoms with van der Waals surface area (Å²) in [5, 5.41) is 4.54. The van der Waals surface area contributed by atoms with Gasteiger partial charge < -0.3 is 10.2 Å². The summed E-state index contributed by atoms with van der Waals surface area (Å²) in [7, 11) is 0. The number of hydrogen-bond acceptors (Lipinski definition) is 3. The highest BCUT2D eigenvalue weighted by Crippen LogP contribution is 2.28. The van der Waals surface area contributed by atoms with Crippen LogP contribution in [0, 0.1) is 0 Å². The molecule has 0 aliphatic rings. The number of halogens is 3. The Morgan fingerprint density at radius 3 is 2.17 bits per heavy atom. The van der Waals surface area contributed by atoms with E-state index in [0.29, 0.717) is 32.8 Å². The van der Waals surface area contributed by atoms with E-state index in [1.54, 1.807) is 23.1 Å². The minimum absolute atomic E-state index is 0.0752. The van der Waals surface area contributed by atoms with Gasteiger partial charge in [0.1, 0.15) is 6.04 Å². The van der Waals surface area contributed by atoms with Gasteiger partial charge in [-0.1, -0.05) is 83.3 Å². The van der Waals surface area contributed by atoms with Crippen molar-refractivity contribution in [2.75, 3.05) is 5.75 Å². The molecule has 0 radical (unpaired) electrons. The second-order valence-corrected chi connectivity index (χ2v) is 10.9. The first kappa shape index (κ1) is 28.4. The average Bonchev–Trinajstić information content (AvgIpc) is 2.83. The van der Waals surface area contributed by atoms with E-state index in [0.717, 1.165) is 11.1 Å². The molecule has 3 aromatic carbocycles. The molecule has 0 aromatic heterocycles. The Kier molecular flexibility index (Phi) is 11.0. The summed E-state index contributed by atoms with van der Waals surface area (Å²) in [5.74, 6) is 0.423. The SMILES string of the molecule is CC(C)NC(=O)C(Cc1ccccc1)N(Cc1c(Cl)cccc1Cl)C(=O)CSCc1cccc(Cl)c1. The Balaban J connectivity index is 1.89. The highest BCUT2D eigenvalue weighted by atomic mass is 35.5. The van der Waals surface area contributed by atoms with E-state index in [1.165, 1.54) is 11.8 Å². The summed E-state index contributed by atoms with van der Waals surface area (Å²) in [6.07, 6.45) is 0.367. The van der Waals surface area contributed by atoms with Gasteiger partial charge in [-0.05, 0) is 49.2 Å². The largest absolute Gasteiger partial charge is 0.352 e. The molecule has 36 heavy (non-hydrogen) atoms. The molecule has 8 heteroatoms. The van der Waals surface area contributed by atoms with Crippen molar-refractivity contribution in [3.8, 4) is 0 Å². The smallest absolute Gasteiger partial charge is 0.243 e. The zero-order chi connectivity index (χ0) is 26.1. The number of hydrogen-bond donors (Lipinski definition) is 1. The third-order valence-corrected chi connectivity index (χ3v) is 7.41. The van der Waals surface area contributed by atoms with Gasteiger partial charge >= 0.3 is 0 Å². The maximum Gasteiger partial charge on any atom is 0.243 e. The van der Waals surface area contributed by atoms with Gasteiger partial charge in [-0.25, -0.2) is 0 Å². The van der Waals surface area contributed by atoms with Crippen LogP contribution in [0.4, 0.5) is 0 Å². The van der Waals surface area contributed by atoms with E-state index < -0.39 is 6.04 Å². The van der Waals surface area contributed by atoms with Crippen molar-refractivity contribution in [1.82, 2.24) is 10.2 Å². The van der Waals surface area contributed by atoms with E-state index in [4.69, 9.17) is 34.8 Å². The second-order valence-electron chi connectivity index (χ2n) is 8.71. The lowest BCUT2D eigenvalue weighted by Crippen LogP contribution is -2.52. The number of amides is 2. The highest BCUT2D eigenvalue weighted by Gasteiger charge is 2.31. The molecule has 3 rings (SSSR count). The molecular weight excluding hydrogens is 535 g/mol. The fraction of sp³-hybridized carbons (Fsp3) is 0.286. The predicted octanol–water partition coefficient (Wildman–Crippen LogP) is 7.04. The Morgan fingerprint density at radius 2 is 1.53 bits per heavy atom. The molecule has 3 aromatic rings. The van der Waals surface area contributed by atoms with Crippen molar-refractivity contribution in [3.05, 3.63) is 105 Å². The molecule has 4 nitrogen and oxygen atoms in total. The monoisotopic (exact) mass is 562 g/mol. The van der Waals surface area contributed by atoms with Crippen molar-refractivity contribution in [2.45, 2.75) is 44.6 Å². The summed E-state index contributed by atoms with van der Waals surface area (Å²) in [6, 6.07) is 21.6. The van der Waals surface area contributed by atoms with E-state index in [1.807, 2.05) is 68.4 Å². The third-order valence-electron chi connectivity index (χ3n) is 5.48. The molecule has 0 aliphatic heterocycles. The van der Waals surface area contributed by atoms with Crippen LogP contribution in [-0.4, -0.2) is 34.6 Å². The van der Waals surface area contributed by atoms with Crippen molar-refractivity contribution < 1.29 is 9.59 Å². The molecule has 190 valence electrons.